The molecule has 12 aromatic carbocycles. The smallest absolute Gasteiger partial charge is 0.0582 e. The highest BCUT2D eigenvalue weighted by Gasteiger charge is 2.36. The van der Waals surface area contributed by atoms with Gasteiger partial charge in [-0.25, -0.2) is 0 Å². The molecule has 0 saturated carbocycles. The third kappa shape index (κ3) is 8.52. The molecule has 0 amide bonds. The van der Waals surface area contributed by atoms with Crippen molar-refractivity contribution in [2.45, 2.75) is 19.3 Å². The zero-order valence-electron chi connectivity index (χ0n) is 44.2. The summed E-state index contributed by atoms with van der Waals surface area (Å²) >= 11 is 0. The number of aromatic nitrogens is 1. The lowest BCUT2D eigenvalue weighted by atomic mass is 9.73. The van der Waals surface area contributed by atoms with Gasteiger partial charge in [-0.15, -0.1) is 0 Å². The number of anilines is 9. The Kier molecular flexibility index (Phi) is 11.8. The summed E-state index contributed by atoms with van der Waals surface area (Å²) in [5.74, 6) is 0. The average molecular weight is 1010 g/mol. The summed E-state index contributed by atoms with van der Waals surface area (Å²) < 4.78 is 2.54. The van der Waals surface area contributed by atoms with E-state index in [2.05, 4.69) is 336 Å². The van der Waals surface area contributed by atoms with Crippen LogP contribution in [0, 0.1) is 0 Å². The molecule has 1 aromatic heterocycles. The van der Waals surface area contributed by atoms with Gasteiger partial charge in [0.2, 0.25) is 0 Å². The number of para-hydroxylation sites is 6. The Morgan fingerprint density at radius 3 is 0.924 bits per heavy atom. The summed E-state index contributed by atoms with van der Waals surface area (Å²) in [4.78, 5) is 6.96. The Balaban J connectivity index is 0.895. The minimum atomic E-state index is -0.346. The zero-order valence-corrected chi connectivity index (χ0v) is 44.2. The predicted octanol–water partition coefficient (Wildman–Crippen LogP) is 20.8. The maximum Gasteiger partial charge on any atom is 0.0582 e. The summed E-state index contributed by atoms with van der Waals surface area (Å²) in [5.41, 5.74) is 23.1. The molecule has 0 fully saturated rings. The molecule has 79 heavy (non-hydrogen) atoms. The van der Waals surface area contributed by atoms with Crippen molar-refractivity contribution >= 4 is 73.0 Å². The van der Waals surface area contributed by atoms with Crippen molar-refractivity contribution in [2.24, 2.45) is 0 Å². The quantitative estimate of drug-likeness (QED) is 0.121. The van der Waals surface area contributed by atoms with Crippen molar-refractivity contribution in [1.82, 2.24) is 4.57 Å². The first-order chi connectivity index (χ1) is 38.9. The number of hydrogen-bond acceptors (Lipinski definition) is 3. The molecule has 0 spiro atoms. The molecule has 0 bridgehead atoms. The van der Waals surface area contributed by atoms with Crippen molar-refractivity contribution in [1.29, 1.82) is 0 Å². The summed E-state index contributed by atoms with van der Waals surface area (Å²) in [6, 6.07) is 110. The molecule has 4 heteroatoms. The summed E-state index contributed by atoms with van der Waals surface area (Å²) in [6.07, 6.45) is 0. The van der Waals surface area contributed by atoms with Crippen LogP contribution in [-0.2, 0) is 5.41 Å². The van der Waals surface area contributed by atoms with Crippen molar-refractivity contribution < 1.29 is 0 Å². The first kappa shape index (κ1) is 47.3. The fraction of sp³-hybridized carbons (Fsp3) is 0.0400. The van der Waals surface area contributed by atoms with Crippen LogP contribution in [0.5, 0.6) is 0 Å². The molecule has 0 atom stereocenters. The lowest BCUT2D eigenvalue weighted by Gasteiger charge is -2.35. The molecule has 13 aromatic rings. The van der Waals surface area contributed by atoms with Crippen LogP contribution < -0.4 is 14.7 Å². The third-order valence-electron chi connectivity index (χ3n) is 15.9. The van der Waals surface area contributed by atoms with Crippen LogP contribution >= 0.6 is 0 Å². The summed E-state index contributed by atoms with van der Waals surface area (Å²) in [5, 5.41) is 2.48. The Morgan fingerprint density at radius 1 is 0.253 bits per heavy atom. The molecule has 14 rings (SSSR count). The van der Waals surface area contributed by atoms with Gasteiger partial charge in [0, 0.05) is 67.4 Å². The molecule has 1 aliphatic rings. The highest BCUT2D eigenvalue weighted by molar-refractivity contribution is 6.14. The minimum absolute atomic E-state index is 0.346. The Bertz CT molecular complexity index is 4150. The van der Waals surface area contributed by atoms with Crippen LogP contribution in [0.25, 0.3) is 60.9 Å². The third-order valence-corrected chi connectivity index (χ3v) is 15.9. The van der Waals surface area contributed by atoms with E-state index in [1.54, 1.807) is 0 Å². The van der Waals surface area contributed by atoms with Gasteiger partial charge in [-0.1, -0.05) is 172 Å². The topological polar surface area (TPSA) is 14.7 Å². The van der Waals surface area contributed by atoms with Crippen LogP contribution in [0.1, 0.15) is 25.0 Å². The average Bonchev–Trinajstić information content (AvgIpc) is 2.95. The number of benzene rings is 12. The molecule has 1 aliphatic heterocycles. The van der Waals surface area contributed by atoms with E-state index in [9.17, 15) is 0 Å². The highest BCUT2D eigenvalue weighted by Crippen LogP contribution is 2.51. The first-order valence-corrected chi connectivity index (χ1v) is 27.2. The van der Waals surface area contributed by atoms with E-state index in [4.69, 9.17) is 0 Å². The van der Waals surface area contributed by atoms with E-state index in [0.717, 1.165) is 51.2 Å². The van der Waals surface area contributed by atoms with Gasteiger partial charge in [-0.3, -0.25) is 0 Å². The van der Waals surface area contributed by atoms with E-state index in [1.165, 1.54) is 72.0 Å². The first-order valence-electron chi connectivity index (χ1n) is 27.2. The van der Waals surface area contributed by atoms with Crippen LogP contribution in [0.15, 0.2) is 303 Å². The zero-order chi connectivity index (χ0) is 52.9. The van der Waals surface area contributed by atoms with Crippen LogP contribution in [0.2, 0.25) is 0 Å². The van der Waals surface area contributed by atoms with Crippen LogP contribution in [0.3, 0.4) is 0 Å². The van der Waals surface area contributed by atoms with E-state index < -0.39 is 0 Å². The van der Waals surface area contributed by atoms with Gasteiger partial charge in [-0.05, 0) is 190 Å². The van der Waals surface area contributed by atoms with Gasteiger partial charge in [0.25, 0.3) is 0 Å². The minimum Gasteiger partial charge on any atom is -0.311 e. The lowest BCUT2D eigenvalue weighted by molar-refractivity contribution is 0.630. The van der Waals surface area contributed by atoms with Gasteiger partial charge < -0.3 is 19.3 Å². The molecule has 0 aliphatic carbocycles. The molecule has 4 nitrogen and oxygen atoms in total. The number of fused-ring (bicyclic) bond motifs is 5. The summed E-state index contributed by atoms with van der Waals surface area (Å²) in [6.45, 7) is 4.83. The Hall–Kier alpha value is -10.2. The molecule has 0 unspecified atom stereocenters. The highest BCUT2D eigenvalue weighted by atomic mass is 15.2. The second-order valence-electron chi connectivity index (χ2n) is 21.0. The van der Waals surface area contributed by atoms with E-state index in [-0.39, 0.29) is 5.41 Å². The maximum atomic E-state index is 2.54. The molecule has 2 heterocycles. The van der Waals surface area contributed by atoms with Gasteiger partial charge in [0.1, 0.15) is 0 Å². The summed E-state index contributed by atoms with van der Waals surface area (Å²) in [7, 11) is 0. The fourth-order valence-corrected chi connectivity index (χ4v) is 12.0. The Labute approximate surface area is 462 Å². The van der Waals surface area contributed by atoms with Gasteiger partial charge in [-0.2, -0.15) is 0 Å². The maximum absolute atomic E-state index is 2.54. The van der Waals surface area contributed by atoms with Gasteiger partial charge in [0.05, 0.1) is 16.7 Å². The van der Waals surface area contributed by atoms with Gasteiger partial charge >= 0.3 is 0 Å². The predicted molar refractivity (Wildman–Crippen MR) is 333 cm³/mol. The molecule has 0 N–H and O–H groups in total. The number of nitrogens with zero attached hydrogens (tertiary/aromatic N) is 4. The van der Waals surface area contributed by atoms with E-state index >= 15 is 0 Å². The standard InChI is InChI=1S/C75H56N4/c1-75(2)70-51-57(54-35-43-66(44-36-54)77(61-25-13-5-14-26-61)62-27-15-6-16-28-62)40-48-73(70)79-72-47-39-56(53-33-41-65(42-34-53)76(59-21-9-3-10-22-59)60-23-11-4-12-24-60)49-68(72)69-50-58(52-71(75)74(69)79)55-37-45-67(46-38-55)78(63-29-17-7-18-30-63)64-31-19-8-20-32-64/h3-52H,1-2H3. The van der Waals surface area contributed by atoms with Gasteiger partial charge in [0.15, 0.2) is 0 Å². The fourth-order valence-electron chi connectivity index (χ4n) is 12.0. The normalized spacial score (nSPS) is 12.3. The Morgan fingerprint density at radius 2 is 0.544 bits per heavy atom. The lowest BCUT2D eigenvalue weighted by Crippen LogP contribution is -2.26. The number of hydrogen-bond donors (Lipinski definition) is 0. The van der Waals surface area contributed by atoms with Crippen molar-refractivity contribution in [3.63, 3.8) is 0 Å². The number of rotatable bonds is 12. The molecular formula is C75H56N4. The molecule has 376 valence electrons. The van der Waals surface area contributed by atoms with Crippen LogP contribution in [0.4, 0.5) is 51.2 Å². The van der Waals surface area contributed by atoms with E-state index in [0.29, 0.717) is 0 Å². The molecule has 0 saturated heterocycles. The van der Waals surface area contributed by atoms with Crippen LogP contribution in [-0.4, -0.2) is 4.57 Å². The van der Waals surface area contributed by atoms with Crippen molar-refractivity contribution in [3.8, 4) is 39.1 Å². The second kappa shape index (κ2) is 19.8. The van der Waals surface area contributed by atoms with Crippen molar-refractivity contribution in [2.75, 3.05) is 14.7 Å². The molecule has 0 radical (unpaired) electrons. The second-order valence-corrected chi connectivity index (χ2v) is 21.0. The largest absolute Gasteiger partial charge is 0.311 e. The van der Waals surface area contributed by atoms with E-state index in [1.807, 2.05) is 0 Å². The monoisotopic (exact) mass is 1010 g/mol. The SMILES string of the molecule is CC1(C)c2cc(-c3ccc(N(c4ccccc4)c4ccccc4)cc3)ccc2-n2c3ccc(-c4ccc(N(c5ccccc5)c5ccccc5)cc4)cc3c3cc(-c4ccc(N(c5ccccc5)c5ccccc5)cc4)cc1c32. The van der Waals surface area contributed by atoms with Crippen molar-refractivity contribution in [3.05, 3.63) is 314 Å². The molecular weight excluding hydrogens is 957 g/mol.